The number of fused-ring (bicyclic) bond motifs is 1. The Hall–Kier alpha value is -3.48. The normalized spacial score (nSPS) is 11.0. The van der Waals surface area contributed by atoms with E-state index < -0.39 is 5.97 Å². The van der Waals surface area contributed by atoms with Crippen molar-refractivity contribution in [3.63, 3.8) is 0 Å². The molecule has 1 aromatic carbocycles. The van der Waals surface area contributed by atoms with Gasteiger partial charge in [-0.3, -0.25) is 5.10 Å². The van der Waals surface area contributed by atoms with E-state index in [1.54, 1.807) is 18.6 Å². The van der Waals surface area contributed by atoms with E-state index in [1.165, 1.54) is 10.6 Å². The lowest BCUT2D eigenvalue weighted by Crippen LogP contribution is -1.97. The summed E-state index contributed by atoms with van der Waals surface area (Å²) >= 11 is 0. The molecular weight excluding hydrogens is 294 g/mol. The van der Waals surface area contributed by atoms with Gasteiger partial charge in [-0.1, -0.05) is 18.2 Å². The summed E-state index contributed by atoms with van der Waals surface area (Å²) in [5.74, 6) is -1.07. The van der Waals surface area contributed by atoms with Gasteiger partial charge in [0.15, 0.2) is 11.3 Å². The molecule has 0 spiro atoms. The monoisotopic (exact) mass is 305 g/mol. The summed E-state index contributed by atoms with van der Waals surface area (Å²) in [7, 11) is 0. The maximum atomic E-state index is 11.0. The van der Waals surface area contributed by atoms with Crippen molar-refractivity contribution >= 4 is 11.6 Å². The lowest BCUT2D eigenvalue weighted by Gasteiger charge is -2.04. The molecule has 0 aliphatic rings. The van der Waals surface area contributed by atoms with Gasteiger partial charge in [0, 0.05) is 35.8 Å². The van der Waals surface area contributed by atoms with Crippen molar-refractivity contribution in [3.8, 4) is 22.4 Å². The van der Waals surface area contributed by atoms with E-state index in [0.29, 0.717) is 5.65 Å². The van der Waals surface area contributed by atoms with E-state index in [2.05, 4.69) is 20.3 Å². The highest BCUT2D eigenvalue weighted by molar-refractivity contribution is 5.86. The molecule has 3 heterocycles. The number of hydrogen-bond acceptors (Lipinski definition) is 4. The van der Waals surface area contributed by atoms with Crippen molar-refractivity contribution in [3.05, 3.63) is 60.7 Å². The maximum Gasteiger partial charge on any atom is 0.356 e. The Balaban J connectivity index is 1.79. The first kappa shape index (κ1) is 13.2. The summed E-state index contributed by atoms with van der Waals surface area (Å²) in [5, 5.41) is 19.9. The fourth-order valence-corrected chi connectivity index (χ4v) is 2.41. The van der Waals surface area contributed by atoms with E-state index in [1.807, 2.05) is 30.3 Å². The number of carboxylic acids is 1. The molecule has 0 bridgehead atoms. The SMILES string of the molecule is O=C(O)c1cc2ncc(-c3cccc(-c4ccn[nH]4)c3)cn2n1. The van der Waals surface area contributed by atoms with Gasteiger partial charge in [0.2, 0.25) is 0 Å². The summed E-state index contributed by atoms with van der Waals surface area (Å²) < 4.78 is 1.47. The van der Waals surface area contributed by atoms with Crippen LogP contribution in [0.4, 0.5) is 0 Å². The summed E-state index contributed by atoms with van der Waals surface area (Å²) in [5.41, 5.74) is 4.20. The Labute approximate surface area is 130 Å². The summed E-state index contributed by atoms with van der Waals surface area (Å²) in [6.07, 6.45) is 5.17. The van der Waals surface area contributed by atoms with Crippen molar-refractivity contribution in [2.24, 2.45) is 0 Å². The lowest BCUT2D eigenvalue weighted by atomic mass is 10.0. The van der Waals surface area contributed by atoms with Crippen LogP contribution in [0.3, 0.4) is 0 Å². The van der Waals surface area contributed by atoms with Crippen molar-refractivity contribution in [1.29, 1.82) is 0 Å². The Morgan fingerprint density at radius 2 is 2.00 bits per heavy atom. The number of hydrogen-bond donors (Lipinski definition) is 2. The molecule has 0 saturated carbocycles. The molecule has 0 amide bonds. The van der Waals surface area contributed by atoms with E-state index >= 15 is 0 Å². The summed E-state index contributed by atoms with van der Waals surface area (Å²) in [6.45, 7) is 0. The molecule has 23 heavy (non-hydrogen) atoms. The number of rotatable bonds is 3. The molecule has 0 atom stereocenters. The molecule has 4 aromatic rings. The van der Waals surface area contributed by atoms with E-state index in [9.17, 15) is 4.79 Å². The van der Waals surface area contributed by atoms with Gasteiger partial charge in [0.05, 0.1) is 5.69 Å². The smallest absolute Gasteiger partial charge is 0.356 e. The third kappa shape index (κ3) is 2.34. The molecule has 0 aliphatic heterocycles. The van der Waals surface area contributed by atoms with Crippen molar-refractivity contribution < 1.29 is 9.90 Å². The lowest BCUT2D eigenvalue weighted by molar-refractivity contribution is 0.0690. The van der Waals surface area contributed by atoms with Crippen molar-refractivity contribution in [2.75, 3.05) is 0 Å². The number of nitrogens with zero attached hydrogens (tertiary/aromatic N) is 4. The van der Waals surface area contributed by atoms with Crippen LogP contribution in [0.25, 0.3) is 28.0 Å². The van der Waals surface area contributed by atoms with Crippen LogP contribution in [0.1, 0.15) is 10.5 Å². The molecule has 7 heteroatoms. The molecule has 0 radical (unpaired) electrons. The molecule has 4 rings (SSSR count). The molecule has 0 aliphatic carbocycles. The van der Waals surface area contributed by atoms with Crippen molar-refractivity contribution in [2.45, 2.75) is 0 Å². The van der Waals surface area contributed by atoms with Crippen LogP contribution in [-0.4, -0.2) is 35.9 Å². The van der Waals surface area contributed by atoms with Gasteiger partial charge < -0.3 is 5.11 Å². The molecule has 3 aromatic heterocycles. The molecule has 0 saturated heterocycles. The van der Waals surface area contributed by atoms with Crippen LogP contribution < -0.4 is 0 Å². The standard InChI is InChI=1S/C16H11N5O2/c22-16(23)14-7-15-17-8-12(9-21(15)20-14)10-2-1-3-11(6-10)13-4-5-18-19-13/h1-9H,(H,18,19)(H,22,23). The molecule has 0 unspecified atom stereocenters. The third-order valence-corrected chi connectivity index (χ3v) is 3.54. The first-order valence-corrected chi connectivity index (χ1v) is 6.89. The minimum atomic E-state index is -1.07. The fraction of sp³-hybridized carbons (Fsp3) is 0. The summed E-state index contributed by atoms with van der Waals surface area (Å²) in [6, 6.07) is 11.2. The second-order valence-electron chi connectivity index (χ2n) is 5.03. The predicted octanol–water partition coefficient (Wildman–Crippen LogP) is 2.48. The van der Waals surface area contributed by atoms with Gasteiger partial charge >= 0.3 is 5.97 Å². The molecule has 7 nitrogen and oxygen atoms in total. The van der Waals surface area contributed by atoms with Gasteiger partial charge in [-0.15, -0.1) is 0 Å². The van der Waals surface area contributed by atoms with Gasteiger partial charge in [-0.05, 0) is 17.7 Å². The van der Waals surface area contributed by atoms with Gasteiger partial charge in [-0.2, -0.15) is 10.2 Å². The fourth-order valence-electron chi connectivity index (χ4n) is 2.41. The Kier molecular flexibility index (Phi) is 2.90. The quantitative estimate of drug-likeness (QED) is 0.606. The Bertz CT molecular complexity index is 1000. The van der Waals surface area contributed by atoms with Crippen LogP contribution in [0.15, 0.2) is 55.0 Å². The second-order valence-corrected chi connectivity index (χ2v) is 5.03. The molecule has 2 N–H and O–H groups in total. The largest absolute Gasteiger partial charge is 0.476 e. The number of aromatic carboxylic acids is 1. The van der Waals surface area contributed by atoms with E-state index in [-0.39, 0.29) is 5.69 Å². The van der Waals surface area contributed by atoms with Crippen LogP contribution in [0, 0.1) is 0 Å². The average molecular weight is 305 g/mol. The topological polar surface area (TPSA) is 96.2 Å². The predicted molar refractivity (Wildman–Crippen MR) is 83.0 cm³/mol. The van der Waals surface area contributed by atoms with Crippen LogP contribution in [0.2, 0.25) is 0 Å². The summed E-state index contributed by atoms with van der Waals surface area (Å²) in [4.78, 5) is 15.3. The number of H-pyrrole nitrogens is 1. The first-order valence-electron chi connectivity index (χ1n) is 6.89. The second kappa shape index (κ2) is 5.06. The van der Waals surface area contributed by atoms with Crippen LogP contribution >= 0.6 is 0 Å². The van der Waals surface area contributed by atoms with Crippen molar-refractivity contribution in [1.82, 2.24) is 24.8 Å². The number of carboxylic acid groups (broad SMARTS) is 1. The van der Waals surface area contributed by atoms with Gasteiger partial charge in [0.1, 0.15) is 0 Å². The van der Waals surface area contributed by atoms with Gasteiger partial charge in [0.25, 0.3) is 0 Å². The number of benzene rings is 1. The Morgan fingerprint density at radius 3 is 2.78 bits per heavy atom. The average Bonchev–Trinajstić information content (AvgIpc) is 3.24. The maximum absolute atomic E-state index is 11.0. The highest BCUT2D eigenvalue weighted by Gasteiger charge is 2.10. The highest BCUT2D eigenvalue weighted by Crippen LogP contribution is 2.24. The molecular formula is C16H11N5O2. The number of aromatic amines is 1. The highest BCUT2D eigenvalue weighted by atomic mass is 16.4. The third-order valence-electron chi connectivity index (χ3n) is 3.54. The zero-order valence-electron chi connectivity index (χ0n) is 11.8. The number of carbonyl (C=O) groups is 1. The number of aromatic nitrogens is 5. The zero-order valence-corrected chi connectivity index (χ0v) is 11.8. The van der Waals surface area contributed by atoms with Crippen LogP contribution in [-0.2, 0) is 0 Å². The van der Waals surface area contributed by atoms with Gasteiger partial charge in [-0.25, -0.2) is 14.3 Å². The molecule has 0 fully saturated rings. The minimum absolute atomic E-state index is 0.0270. The number of nitrogens with one attached hydrogen (secondary N) is 1. The van der Waals surface area contributed by atoms with E-state index in [0.717, 1.165) is 22.4 Å². The first-order chi connectivity index (χ1) is 11.2. The molecule has 112 valence electrons. The Morgan fingerprint density at radius 1 is 1.13 bits per heavy atom. The van der Waals surface area contributed by atoms with Crippen LogP contribution in [0.5, 0.6) is 0 Å². The zero-order chi connectivity index (χ0) is 15.8. The minimum Gasteiger partial charge on any atom is -0.476 e. The van der Waals surface area contributed by atoms with E-state index in [4.69, 9.17) is 5.11 Å².